The molecule has 52 valence electrons. The summed E-state index contributed by atoms with van der Waals surface area (Å²) >= 11 is 1.47. The minimum absolute atomic E-state index is 0.123. The van der Waals surface area contributed by atoms with Crippen LogP contribution in [0.1, 0.15) is 21.5 Å². The number of hydrogen-bond acceptors (Lipinski definition) is 2. The maximum absolute atomic E-state index is 10.8. The fraction of sp³-hybridized carbons (Fsp3) is 0.125. The summed E-state index contributed by atoms with van der Waals surface area (Å²) in [5, 5.41) is 0. The molecule has 0 atom stereocenters. The molecule has 0 amide bonds. The van der Waals surface area contributed by atoms with E-state index in [9.17, 15) is 4.79 Å². The molecule has 0 radical (unpaired) electrons. The lowest BCUT2D eigenvalue weighted by molar-refractivity contribution is 0.102. The molecule has 1 nitrogen and oxygen atoms in total. The van der Waals surface area contributed by atoms with Crippen LogP contribution in [0.25, 0.3) is 6.08 Å². The molecule has 0 aliphatic carbocycles. The second-order valence-electron chi connectivity index (χ2n) is 1.96. The predicted octanol–water partition coefficient (Wildman–Crippen LogP) is 2.59. The van der Waals surface area contributed by atoms with Crippen molar-refractivity contribution in [3.63, 3.8) is 0 Å². The van der Waals surface area contributed by atoms with Crippen LogP contribution in [0.15, 0.2) is 18.7 Å². The summed E-state index contributed by atoms with van der Waals surface area (Å²) in [6.45, 7) is 5.17. The van der Waals surface area contributed by atoms with Crippen LogP contribution in [0.3, 0.4) is 0 Å². The Hall–Kier alpha value is -0.890. The van der Waals surface area contributed by atoms with Crippen molar-refractivity contribution in [3.05, 3.63) is 28.5 Å². The van der Waals surface area contributed by atoms with Gasteiger partial charge in [-0.3, -0.25) is 4.79 Å². The van der Waals surface area contributed by atoms with Gasteiger partial charge in [-0.25, -0.2) is 0 Å². The van der Waals surface area contributed by atoms with Gasteiger partial charge in [0.15, 0.2) is 5.78 Å². The SMILES string of the molecule is C=Cc1ccc(C(C)=O)s1. The Labute approximate surface area is 64.0 Å². The molecule has 0 bridgehead atoms. The van der Waals surface area contributed by atoms with Gasteiger partial charge in [0.2, 0.25) is 0 Å². The first-order valence-electron chi connectivity index (χ1n) is 2.97. The van der Waals surface area contributed by atoms with Gasteiger partial charge in [-0.1, -0.05) is 12.7 Å². The van der Waals surface area contributed by atoms with Crippen LogP contribution in [0.5, 0.6) is 0 Å². The van der Waals surface area contributed by atoms with Crippen molar-refractivity contribution in [1.29, 1.82) is 0 Å². The Morgan fingerprint density at radius 1 is 1.70 bits per heavy atom. The van der Waals surface area contributed by atoms with Crippen molar-refractivity contribution >= 4 is 23.2 Å². The van der Waals surface area contributed by atoms with Gasteiger partial charge in [0.25, 0.3) is 0 Å². The van der Waals surface area contributed by atoms with E-state index in [1.807, 2.05) is 12.1 Å². The monoisotopic (exact) mass is 152 g/mol. The van der Waals surface area contributed by atoms with Gasteiger partial charge in [-0.2, -0.15) is 0 Å². The number of carbonyl (C=O) groups excluding carboxylic acids is 1. The predicted molar refractivity (Wildman–Crippen MR) is 44.4 cm³/mol. The standard InChI is InChI=1S/C8H8OS/c1-3-7-4-5-8(10-7)6(2)9/h3-5H,1H2,2H3. The summed E-state index contributed by atoms with van der Waals surface area (Å²) in [5.41, 5.74) is 0. The van der Waals surface area contributed by atoms with Gasteiger partial charge in [0.05, 0.1) is 4.88 Å². The fourth-order valence-electron chi connectivity index (χ4n) is 0.652. The van der Waals surface area contributed by atoms with Crippen LogP contribution in [-0.4, -0.2) is 5.78 Å². The van der Waals surface area contributed by atoms with Crippen molar-refractivity contribution in [3.8, 4) is 0 Å². The second kappa shape index (κ2) is 2.80. The summed E-state index contributed by atoms with van der Waals surface area (Å²) in [6, 6.07) is 3.72. The lowest BCUT2D eigenvalue weighted by Crippen LogP contribution is -1.83. The highest BCUT2D eigenvalue weighted by Gasteiger charge is 2.00. The first-order chi connectivity index (χ1) is 4.74. The molecule has 0 unspecified atom stereocenters. The van der Waals surface area contributed by atoms with Crippen molar-refractivity contribution in [1.82, 2.24) is 0 Å². The number of ketones is 1. The average Bonchev–Trinajstić information content (AvgIpc) is 2.34. The molecule has 2 heteroatoms. The molecule has 0 saturated heterocycles. The first-order valence-corrected chi connectivity index (χ1v) is 3.79. The summed E-state index contributed by atoms with van der Waals surface area (Å²) < 4.78 is 0. The molecule has 0 aliphatic rings. The van der Waals surface area contributed by atoms with E-state index >= 15 is 0 Å². The lowest BCUT2D eigenvalue weighted by atomic mass is 10.3. The van der Waals surface area contributed by atoms with Gasteiger partial charge in [-0.05, 0) is 19.1 Å². The molecule has 0 aromatic carbocycles. The number of thiophene rings is 1. The highest BCUT2D eigenvalue weighted by Crippen LogP contribution is 2.17. The van der Waals surface area contributed by atoms with Crippen LogP contribution in [0, 0.1) is 0 Å². The molecule has 0 N–H and O–H groups in total. The number of Topliss-reactive ketones (excluding diaryl/α,β-unsaturated/α-hetero) is 1. The minimum atomic E-state index is 0.123. The molecule has 10 heavy (non-hydrogen) atoms. The Morgan fingerprint density at radius 2 is 2.40 bits per heavy atom. The quantitative estimate of drug-likeness (QED) is 0.595. The van der Waals surface area contributed by atoms with Gasteiger partial charge in [0, 0.05) is 4.88 Å². The molecule has 1 aromatic rings. The van der Waals surface area contributed by atoms with Crippen LogP contribution < -0.4 is 0 Å². The molecule has 1 rings (SSSR count). The van der Waals surface area contributed by atoms with E-state index in [4.69, 9.17) is 0 Å². The molecular formula is C8H8OS. The van der Waals surface area contributed by atoms with E-state index < -0.39 is 0 Å². The van der Waals surface area contributed by atoms with Crippen LogP contribution in [-0.2, 0) is 0 Å². The number of carbonyl (C=O) groups is 1. The molecule has 1 aromatic heterocycles. The summed E-state index contributed by atoms with van der Waals surface area (Å²) in [4.78, 5) is 12.6. The third kappa shape index (κ3) is 1.33. The first kappa shape index (κ1) is 7.22. The summed E-state index contributed by atoms with van der Waals surface area (Å²) in [5.74, 6) is 0.123. The van der Waals surface area contributed by atoms with Gasteiger partial charge >= 0.3 is 0 Å². The molecule has 0 spiro atoms. The molecule has 0 aliphatic heterocycles. The molecule has 1 heterocycles. The van der Waals surface area contributed by atoms with Gasteiger partial charge in [0.1, 0.15) is 0 Å². The summed E-state index contributed by atoms with van der Waals surface area (Å²) in [7, 11) is 0. The zero-order valence-corrected chi connectivity index (χ0v) is 6.57. The zero-order valence-electron chi connectivity index (χ0n) is 5.76. The van der Waals surface area contributed by atoms with Crippen molar-refractivity contribution in [2.24, 2.45) is 0 Å². The van der Waals surface area contributed by atoms with Crippen molar-refractivity contribution in [2.75, 3.05) is 0 Å². The number of hydrogen-bond donors (Lipinski definition) is 0. The van der Waals surface area contributed by atoms with Crippen molar-refractivity contribution < 1.29 is 4.79 Å². The summed E-state index contributed by atoms with van der Waals surface area (Å²) in [6.07, 6.45) is 1.75. The highest BCUT2D eigenvalue weighted by molar-refractivity contribution is 7.14. The fourth-order valence-corrected chi connectivity index (χ4v) is 1.40. The Bertz CT molecular complexity index is 260. The maximum atomic E-state index is 10.8. The van der Waals surface area contributed by atoms with E-state index in [1.165, 1.54) is 11.3 Å². The van der Waals surface area contributed by atoms with Gasteiger partial charge < -0.3 is 0 Å². The Balaban J connectivity index is 2.98. The largest absolute Gasteiger partial charge is 0.294 e. The smallest absolute Gasteiger partial charge is 0.169 e. The lowest BCUT2D eigenvalue weighted by Gasteiger charge is -1.81. The highest BCUT2D eigenvalue weighted by atomic mass is 32.1. The Kier molecular flexibility index (Phi) is 2.02. The third-order valence-electron chi connectivity index (χ3n) is 1.17. The molecule has 0 saturated carbocycles. The maximum Gasteiger partial charge on any atom is 0.169 e. The topological polar surface area (TPSA) is 17.1 Å². The molecular weight excluding hydrogens is 144 g/mol. The van der Waals surface area contributed by atoms with E-state index in [2.05, 4.69) is 6.58 Å². The molecule has 0 fully saturated rings. The van der Waals surface area contributed by atoms with Crippen LogP contribution in [0.2, 0.25) is 0 Å². The zero-order chi connectivity index (χ0) is 7.56. The van der Waals surface area contributed by atoms with E-state index in [0.29, 0.717) is 0 Å². The van der Waals surface area contributed by atoms with Crippen molar-refractivity contribution in [2.45, 2.75) is 6.92 Å². The van der Waals surface area contributed by atoms with E-state index in [1.54, 1.807) is 13.0 Å². The van der Waals surface area contributed by atoms with E-state index in [0.717, 1.165) is 9.75 Å². The average molecular weight is 152 g/mol. The minimum Gasteiger partial charge on any atom is -0.294 e. The van der Waals surface area contributed by atoms with Crippen LogP contribution in [0.4, 0.5) is 0 Å². The van der Waals surface area contributed by atoms with Crippen LogP contribution >= 0.6 is 11.3 Å². The Morgan fingerprint density at radius 3 is 2.70 bits per heavy atom. The van der Waals surface area contributed by atoms with Gasteiger partial charge in [-0.15, -0.1) is 11.3 Å². The third-order valence-corrected chi connectivity index (χ3v) is 2.36. The number of rotatable bonds is 2. The normalized spacial score (nSPS) is 9.30. The van der Waals surface area contributed by atoms with E-state index in [-0.39, 0.29) is 5.78 Å². The second-order valence-corrected chi connectivity index (χ2v) is 3.08.